The fourth-order valence-electron chi connectivity index (χ4n) is 3.71. The molecule has 0 aromatic heterocycles. The molecule has 0 amide bonds. The highest BCUT2D eigenvalue weighted by molar-refractivity contribution is 5.63. The summed E-state index contributed by atoms with van der Waals surface area (Å²) in [5.74, 6) is 0. The highest BCUT2D eigenvalue weighted by atomic mass is 15.1. The smallest absolute Gasteiger partial charge is 0.0481 e. The second kappa shape index (κ2) is 12.2. The molecule has 0 unspecified atom stereocenters. The van der Waals surface area contributed by atoms with Gasteiger partial charge in [-0.2, -0.15) is 0 Å². The third kappa shape index (κ3) is 7.37. The molecule has 0 aliphatic rings. The predicted molar refractivity (Wildman–Crippen MR) is 133 cm³/mol. The van der Waals surface area contributed by atoms with E-state index in [0.717, 1.165) is 25.1 Å². The van der Waals surface area contributed by atoms with Crippen molar-refractivity contribution in [2.75, 3.05) is 0 Å². The van der Waals surface area contributed by atoms with Crippen molar-refractivity contribution in [2.24, 2.45) is 0 Å². The quantitative estimate of drug-likeness (QED) is 0.255. The lowest BCUT2D eigenvalue weighted by atomic mass is 9.99. The third-order valence-corrected chi connectivity index (χ3v) is 5.80. The van der Waals surface area contributed by atoms with Gasteiger partial charge in [-0.05, 0) is 70.1 Å². The van der Waals surface area contributed by atoms with E-state index in [1.807, 2.05) is 0 Å². The van der Waals surface area contributed by atoms with E-state index in [2.05, 4.69) is 100 Å². The van der Waals surface area contributed by atoms with Crippen LogP contribution >= 0.6 is 0 Å². The number of benzene rings is 2. The van der Waals surface area contributed by atoms with Crippen LogP contribution in [0.15, 0.2) is 79.0 Å². The Morgan fingerprint density at radius 2 is 1.50 bits per heavy atom. The Morgan fingerprint density at radius 3 is 2.13 bits per heavy atom. The lowest BCUT2D eigenvalue weighted by molar-refractivity contribution is 0.480. The van der Waals surface area contributed by atoms with Gasteiger partial charge in [0.05, 0.1) is 0 Å². The minimum Gasteiger partial charge on any atom is -0.341 e. The molecule has 0 aliphatic carbocycles. The molecule has 0 aliphatic heterocycles. The van der Waals surface area contributed by atoms with Gasteiger partial charge in [-0.3, -0.25) is 0 Å². The van der Waals surface area contributed by atoms with Crippen molar-refractivity contribution in [3.05, 3.63) is 101 Å². The first-order chi connectivity index (χ1) is 14.4. The van der Waals surface area contributed by atoms with E-state index in [1.54, 1.807) is 0 Å². The molecule has 1 nitrogen and oxygen atoms in total. The molecular weight excluding hydrogens is 362 g/mol. The number of aryl methyl sites for hydroxylation is 2. The standard InChI is InChI=1S/C29H39N/c1-7-25(5)30(26(6)27-20-18-24(4)19-21-27)22-29-17-13-12-16-28(29)15-11-9-8-10-14-23(2)3/h7,12-13,16-21H,2,6,8-11,14-15,22H2,1,3-5H3/b25-7-. The summed E-state index contributed by atoms with van der Waals surface area (Å²) in [5.41, 5.74) is 8.90. The molecule has 30 heavy (non-hydrogen) atoms. The van der Waals surface area contributed by atoms with Gasteiger partial charge in [0, 0.05) is 17.9 Å². The molecule has 2 aromatic carbocycles. The Balaban J connectivity index is 2.08. The van der Waals surface area contributed by atoms with Crippen molar-refractivity contribution in [3.8, 4) is 0 Å². The van der Waals surface area contributed by atoms with Crippen molar-refractivity contribution in [2.45, 2.75) is 72.8 Å². The first-order valence-electron chi connectivity index (χ1n) is 11.3. The fourth-order valence-corrected chi connectivity index (χ4v) is 3.71. The van der Waals surface area contributed by atoms with E-state index in [-0.39, 0.29) is 0 Å². The van der Waals surface area contributed by atoms with E-state index in [4.69, 9.17) is 0 Å². The molecule has 0 spiro atoms. The minimum atomic E-state index is 0.856. The van der Waals surface area contributed by atoms with Crippen LogP contribution in [-0.2, 0) is 13.0 Å². The van der Waals surface area contributed by atoms with Gasteiger partial charge in [0.25, 0.3) is 0 Å². The van der Waals surface area contributed by atoms with Crippen LogP contribution in [-0.4, -0.2) is 4.90 Å². The van der Waals surface area contributed by atoms with Crippen LogP contribution in [0.1, 0.15) is 75.1 Å². The van der Waals surface area contributed by atoms with Gasteiger partial charge in [0.1, 0.15) is 0 Å². The Bertz CT molecular complexity index is 854. The zero-order valence-corrected chi connectivity index (χ0v) is 19.5. The molecule has 0 saturated heterocycles. The Kier molecular flexibility index (Phi) is 9.67. The highest BCUT2D eigenvalue weighted by Gasteiger charge is 2.14. The van der Waals surface area contributed by atoms with E-state index < -0.39 is 0 Å². The molecule has 2 aromatic rings. The summed E-state index contributed by atoms with van der Waals surface area (Å²) in [6, 6.07) is 17.5. The number of allylic oxidation sites excluding steroid dienone is 3. The van der Waals surface area contributed by atoms with Gasteiger partial charge < -0.3 is 4.90 Å². The van der Waals surface area contributed by atoms with E-state index in [0.29, 0.717) is 0 Å². The zero-order chi connectivity index (χ0) is 21.9. The van der Waals surface area contributed by atoms with Crippen molar-refractivity contribution in [1.82, 2.24) is 4.90 Å². The van der Waals surface area contributed by atoms with E-state index >= 15 is 0 Å². The normalized spacial score (nSPS) is 11.4. The molecule has 0 atom stereocenters. The largest absolute Gasteiger partial charge is 0.341 e. The average molecular weight is 402 g/mol. The molecule has 2 rings (SSSR count). The summed E-state index contributed by atoms with van der Waals surface area (Å²) in [5, 5.41) is 0. The Labute approximate surface area is 184 Å². The molecule has 0 fully saturated rings. The van der Waals surface area contributed by atoms with Crippen LogP contribution in [0.2, 0.25) is 0 Å². The predicted octanol–water partition coefficient (Wildman–Crippen LogP) is 8.46. The molecule has 1 heteroatoms. The maximum atomic E-state index is 4.44. The van der Waals surface area contributed by atoms with Gasteiger partial charge in [-0.25, -0.2) is 0 Å². The molecule has 0 N–H and O–H groups in total. The van der Waals surface area contributed by atoms with Crippen molar-refractivity contribution in [1.29, 1.82) is 0 Å². The summed E-state index contributed by atoms with van der Waals surface area (Å²) in [6.07, 6.45) is 9.57. The Morgan fingerprint density at radius 1 is 0.867 bits per heavy atom. The number of nitrogens with zero attached hydrogens (tertiary/aromatic N) is 1. The second-order valence-corrected chi connectivity index (χ2v) is 8.47. The summed E-state index contributed by atoms with van der Waals surface area (Å²) < 4.78 is 0. The van der Waals surface area contributed by atoms with Gasteiger partial charge >= 0.3 is 0 Å². The van der Waals surface area contributed by atoms with Crippen LogP contribution in [0.25, 0.3) is 5.70 Å². The van der Waals surface area contributed by atoms with Gasteiger partial charge in [-0.1, -0.05) is 85.2 Å². The first kappa shape index (κ1) is 23.7. The number of rotatable bonds is 12. The van der Waals surface area contributed by atoms with E-state index in [9.17, 15) is 0 Å². The fraction of sp³-hybridized carbons (Fsp3) is 0.379. The lowest BCUT2D eigenvalue weighted by Crippen LogP contribution is -2.20. The molecular formula is C29H39N. The average Bonchev–Trinajstić information content (AvgIpc) is 2.74. The SMILES string of the molecule is C=C(C)CCCCCCc1ccccc1CN(C(=C)c1ccc(C)cc1)/C(C)=C\C. The maximum absolute atomic E-state index is 4.44. The number of unbranched alkanes of at least 4 members (excludes halogenated alkanes) is 3. The van der Waals surface area contributed by atoms with Crippen molar-refractivity contribution >= 4 is 5.70 Å². The molecule has 160 valence electrons. The van der Waals surface area contributed by atoms with Gasteiger partial charge in [0.15, 0.2) is 0 Å². The third-order valence-electron chi connectivity index (χ3n) is 5.80. The molecule has 0 bridgehead atoms. The zero-order valence-electron chi connectivity index (χ0n) is 19.5. The minimum absolute atomic E-state index is 0.856. The van der Waals surface area contributed by atoms with Crippen LogP contribution < -0.4 is 0 Å². The topological polar surface area (TPSA) is 3.24 Å². The molecule has 0 heterocycles. The van der Waals surface area contributed by atoms with Crippen LogP contribution in [0.5, 0.6) is 0 Å². The number of hydrogen-bond acceptors (Lipinski definition) is 1. The summed E-state index contributed by atoms with van der Waals surface area (Å²) in [4.78, 5) is 2.34. The summed E-state index contributed by atoms with van der Waals surface area (Å²) in [7, 11) is 0. The first-order valence-corrected chi connectivity index (χ1v) is 11.3. The monoisotopic (exact) mass is 401 g/mol. The van der Waals surface area contributed by atoms with Crippen LogP contribution in [0.3, 0.4) is 0 Å². The Hall–Kier alpha value is -2.54. The lowest BCUT2D eigenvalue weighted by Gasteiger charge is -2.29. The maximum Gasteiger partial charge on any atom is 0.0481 e. The van der Waals surface area contributed by atoms with E-state index in [1.165, 1.54) is 59.2 Å². The number of hydrogen-bond donors (Lipinski definition) is 0. The van der Waals surface area contributed by atoms with Crippen LogP contribution in [0, 0.1) is 6.92 Å². The van der Waals surface area contributed by atoms with Gasteiger partial charge in [0.2, 0.25) is 0 Å². The molecule has 0 radical (unpaired) electrons. The summed E-state index contributed by atoms with van der Waals surface area (Å²) >= 11 is 0. The highest BCUT2D eigenvalue weighted by Crippen LogP contribution is 2.26. The van der Waals surface area contributed by atoms with Crippen LogP contribution in [0.4, 0.5) is 0 Å². The molecule has 0 saturated carbocycles. The van der Waals surface area contributed by atoms with Crippen molar-refractivity contribution < 1.29 is 0 Å². The summed E-state index contributed by atoms with van der Waals surface area (Å²) in [6.45, 7) is 17.8. The van der Waals surface area contributed by atoms with Crippen molar-refractivity contribution in [3.63, 3.8) is 0 Å². The van der Waals surface area contributed by atoms with Gasteiger partial charge in [-0.15, -0.1) is 6.58 Å². The second-order valence-electron chi connectivity index (χ2n) is 8.47.